The molecule has 0 atom stereocenters. The zero-order chi connectivity index (χ0) is 16.0. The highest BCUT2D eigenvalue weighted by Gasteiger charge is 2.12. The van der Waals surface area contributed by atoms with Crippen LogP contribution in [-0.4, -0.2) is 43.5 Å². The van der Waals surface area contributed by atoms with Crippen LogP contribution in [0.15, 0.2) is 40.9 Å². The van der Waals surface area contributed by atoms with E-state index in [1.165, 1.54) is 4.31 Å². The zero-order valence-corrected chi connectivity index (χ0v) is 14.4. The lowest BCUT2D eigenvalue weighted by atomic mass is 10.1. The van der Waals surface area contributed by atoms with Gasteiger partial charge in [-0.2, -0.15) is 11.8 Å². The highest BCUT2D eigenvalue weighted by molar-refractivity contribution is 7.98. The number of hydrogen-bond acceptors (Lipinski definition) is 5. The van der Waals surface area contributed by atoms with Crippen LogP contribution in [0.1, 0.15) is 12.2 Å². The lowest BCUT2D eigenvalue weighted by Gasteiger charge is -2.10. The van der Waals surface area contributed by atoms with E-state index in [4.69, 9.17) is 4.52 Å². The Balaban J connectivity index is 1.76. The average Bonchev–Trinajstić information content (AvgIpc) is 2.96. The third-order valence-corrected chi connectivity index (χ3v) is 6.10. The van der Waals surface area contributed by atoms with E-state index in [-0.39, 0.29) is 5.75 Å². The van der Waals surface area contributed by atoms with Gasteiger partial charge >= 0.3 is 0 Å². The van der Waals surface area contributed by atoms with Crippen molar-refractivity contribution in [1.82, 2.24) is 9.46 Å². The predicted molar refractivity (Wildman–Crippen MR) is 90.2 cm³/mol. The fourth-order valence-electron chi connectivity index (χ4n) is 1.82. The standard InChI is InChI=1S/C15H20N2O3S2/c1-17(2)22(18,19)10-6-9-21-12-14-11-15(16-20-14)13-7-4-3-5-8-13/h3-5,7-8,11H,6,9-10,12H2,1-2H3. The topological polar surface area (TPSA) is 63.4 Å². The largest absolute Gasteiger partial charge is 0.360 e. The van der Waals surface area contributed by atoms with Crippen molar-refractivity contribution in [2.45, 2.75) is 12.2 Å². The molecule has 0 amide bonds. The van der Waals surface area contributed by atoms with Crippen molar-refractivity contribution < 1.29 is 12.9 Å². The quantitative estimate of drug-likeness (QED) is 0.692. The summed E-state index contributed by atoms with van der Waals surface area (Å²) in [5.74, 6) is 2.45. The van der Waals surface area contributed by atoms with Crippen LogP contribution < -0.4 is 0 Å². The Morgan fingerprint density at radius 1 is 1.23 bits per heavy atom. The monoisotopic (exact) mass is 340 g/mol. The van der Waals surface area contributed by atoms with Gasteiger partial charge in [0, 0.05) is 25.7 Å². The summed E-state index contributed by atoms with van der Waals surface area (Å²) < 4.78 is 29.8. The number of nitrogens with zero attached hydrogens (tertiary/aromatic N) is 2. The molecule has 0 aliphatic heterocycles. The number of hydrogen-bond donors (Lipinski definition) is 0. The molecule has 2 rings (SSSR count). The van der Waals surface area contributed by atoms with Crippen LogP contribution in [0.2, 0.25) is 0 Å². The Morgan fingerprint density at radius 2 is 1.95 bits per heavy atom. The second-order valence-electron chi connectivity index (χ2n) is 5.05. The molecule has 0 saturated heterocycles. The number of aromatic nitrogens is 1. The van der Waals surface area contributed by atoms with Gasteiger partial charge in [-0.05, 0) is 12.2 Å². The van der Waals surface area contributed by atoms with Crippen LogP contribution in [0.25, 0.3) is 11.3 Å². The smallest absolute Gasteiger partial charge is 0.213 e. The Bertz CT molecular complexity index is 682. The van der Waals surface area contributed by atoms with Crippen molar-refractivity contribution in [3.05, 3.63) is 42.2 Å². The molecule has 0 N–H and O–H groups in total. The van der Waals surface area contributed by atoms with E-state index >= 15 is 0 Å². The maximum atomic E-state index is 11.6. The Hall–Kier alpha value is -1.31. The summed E-state index contributed by atoms with van der Waals surface area (Å²) in [5.41, 5.74) is 1.85. The van der Waals surface area contributed by atoms with Crippen molar-refractivity contribution >= 4 is 21.8 Å². The molecule has 0 spiro atoms. The van der Waals surface area contributed by atoms with E-state index in [0.29, 0.717) is 12.2 Å². The van der Waals surface area contributed by atoms with Crippen molar-refractivity contribution in [1.29, 1.82) is 0 Å². The van der Waals surface area contributed by atoms with E-state index in [1.807, 2.05) is 36.4 Å². The summed E-state index contributed by atoms with van der Waals surface area (Å²) >= 11 is 1.65. The first-order valence-corrected chi connectivity index (χ1v) is 9.74. The highest BCUT2D eigenvalue weighted by atomic mass is 32.2. The summed E-state index contributed by atoms with van der Waals surface area (Å²) in [7, 11) is 0.0243. The Kier molecular flexibility index (Phi) is 6.05. The summed E-state index contributed by atoms with van der Waals surface area (Å²) in [5, 5.41) is 4.06. The van der Waals surface area contributed by atoms with E-state index in [9.17, 15) is 8.42 Å². The van der Waals surface area contributed by atoms with Gasteiger partial charge in [-0.1, -0.05) is 35.5 Å². The van der Waals surface area contributed by atoms with Gasteiger partial charge in [-0.15, -0.1) is 0 Å². The van der Waals surface area contributed by atoms with E-state index in [2.05, 4.69) is 5.16 Å². The van der Waals surface area contributed by atoms with Crippen LogP contribution in [-0.2, 0) is 15.8 Å². The molecule has 1 heterocycles. The summed E-state index contributed by atoms with van der Waals surface area (Å²) in [6, 6.07) is 11.8. The lowest BCUT2D eigenvalue weighted by molar-refractivity contribution is 0.397. The fraction of sp³-hybridized carbons (Fsp3) is 0.400. The molecule has 0 aliphatic carbocycles. The SMILES string of the molecule is CN(C)S(=O)(=O)CCCSCc1cc(-c2ccccc2)no1. The minimum absolute atomic E-state index is 0.179. The first-order valence-electron chi connectivity index (χ1n) is 6.98. The van der Waals surface area contributed by atoms with Gasteiger partial charge in [-0.3, -0.25) is 0 Å². The number of benzene rings is 1. The van der Waals surface area contributed by atoms with Crippen molar-refractivity contribution in [3.63, 3.8) is 0 Å². The predicted octanol–water partition coefficient (Wildman–Crippen LogP) is 2.86. The van der Waals surface area contributed by atoms with E-state index in [1.54, 1.807) is 25.9 Å². The Morgan fingerprint density at radius 3 is 2.64 bits per heavy atom. The van der Waals surface area contributed by atoms with Crippen molar-refractivity contribution in [2.75, 3.05) is 25.6 Å². The normalized spacial score (nSPS) is 12.0. The van der Waals surface area contributed by atoms with Gasteiger partial charge in [0.05, 0.1) is 11.5 Å². The van der Waals surface area contributed by atoms with Gasteiger partial charge in [0.15, 0.2) is 0 Å². The fourth-order valence-corrected chi connectivity index (χ4v) is 3.71. The van der Waals surface area contributed by atoms with Gasteiger partial charge < -0.3 is 4.52 Å². The van der Waals surface area contributed by atoms with Crippen LogP contribution >= 0.6 is 11.8 Å². The average molecular weight is 340 g/mol. The second kappa shape index (κ2) is 7.80. The number of rotatable bonds is 8. The van der Waals surface area contributed by atoms with Crippen molar-refractivity contribution in [2.24, 2.45) is 0 Å². The van der Waals surface area contributed by atoms with E-state index < -0.39 is 10.0 Å². The summed E-state index contributed by atoms with van der Waals surface area (Å²) in [6.07, 6.45) is 0.630. The maximum Gasteiger partial charge on any atom is 0.213 e. The molecule has 0 saturated carbocycles. The molecule has 0 bridgehead atoms. The molecule has 0 radical (unpaired) electrons. The van der Waals surface area contributed by atoms with Gasteiger partial charge in [-0.25, -0.2) is 12.7 Å². The zero-order valence-electron chi connectivity index (χ0n) is 12.7. The minimum atomic E-state index is -3.09. The molecule has 0 unspecified atom stereocenters. The molecule has 5 nitrogen and oxygen atoms in total. The third-order valence-electron chi connectivity index (χ3n) is 3.12. The molecule has 1 aromatic heterocycles. The van der Waals surface area contributed by atoms with Crippen LogP contribution in [0, 0.1) is 0 Å². The maximum absolute atomic E-state index is 11.6. The highest BCUT2D eigenvalue weighted by Crippen LogP contribution is 2.21. The molecular weight excluding hydrogens is 320 g/mol. The third kappa shape index (κ3) is 4.86. The van der Waals surface area contributed by atoms with Gasteiger partial charge in [0.25, 0.3) is 0 Å². The first kappa shape index (κ1) is 17.1. The molecule has 1 aromatic carbocycles. The molecule has 0 aliphatic rings. The molecule has 2 aromatic rings. The first-order chi connectivity index (χ1) is 10.5. The van der Waals surface area contributed by atoms with Crippen LogP contribution in [0.4, 0.5) is 0 Å². The second-order valence-corrected chi connectivity index (χ2v) is 8.46. The molecule has 7 heteroatoms. The lowest BCUT2D eigenvalue weighted by Crippen LogP contribution is -2.25. The van der Waals surface area contributed by atoms with Gasteiger partial charge in [0.2, 0.25) is 10.0 Å². The summed E-state index contributed by atoms with van der Waals surface area (Å²) in [6.45, 7) is 0. The summed E-state index contributed by atoms with van der Waals surface area (Å²) in [4.78, 5) is 0. The molecular formula is C15H20N2O3S2. The van der Waals surface area contributed by atoms with Crippen LogP contribution in [0.3, 0.4) is 0 Å². The van der Waals surface area contributed by atoms with E-state index in [0.717, 1.165) is 22.8 Å². The van der Waals surface area contributed by atoms with Crippen LogP contribution in [0.5, 0.6) is 0 Å². The van der Waals surface area contributed by atoms with Crippen molar-refractivity contribution in [3.8, 4) is 11.3 Å². The molecule has 22 heavy (non-hydrogen) atoms. The number of sulfonamides is 1. The Labute approximate surface area is 135 Å². The van der Waals surface area contributed by atoms with Gasteiger partial charge in [0.1, 0.15) is 11.5 Å². The number of thioether (sulfide) groups is 1. The minimum Gasteiger partial charge on any atom is -0.360 e. The molecule has 0 fully saturated rings. The molecule has 120 valence electrons.